The standard InChI is InChI=1S/C7H8N2O.ClH/c1-7(10)8-9-5-3-2-4-6-9;/h2-6H,1H3;1H. The number of pyridine rings is 1. The molecule has 1 rings (SSSR count). The molecule has 60 valence electrons. The summed E-state index contributed by atoms with van der Waals surface area (Å²) in [5, 5.41) is 0. The lowest BCUT2D eigenvalue weighted by Crippen LogP contribution is -3.00. The van der Waals surface area contributed by atoms with E-state index in [1.807, 2.05) is 18.2 Å². The number of carbonyl (C=O) groups is 1. The Morgan fingerprint density at radius 1 is 1.27 bits per heavy atom. The predicted molar refractivity (Wildman–Crippen MR) is 36.7 cm³/mol. The van der Waals surface area contributed by atoms with E-state index in [1.165, 1.54) is 6.92 Å². The van der Waals surface area contributed by atoms with Gasteiger partial charge in [-0.1, -0.05) is 10.7 Å². The molecule has 1 amide bonds. The molecule has 0 saturated heterocycles. The SMILES string of the molecule is CC(=O)N[n+]1ccccc1.[Cl-]. The molecule has 1 heterocycles. The maximum atomic E-state index is 10.5. The van der Waals surface area contributed by atoms with Crippen LogP contribution in [0.5, 0.6) is 0 Å². The van der Waals surface area contributed by atoms with Gasteiger partial charge in [0, 0.05) is 19.1 Å². The van der Waals surface area contributed by atoms with E-state index >= 15 is 0 Å². The molecule has 1 aromatic heterocycles. The highest BCUT2D eigenvalue weighted by molar-refractivity contribution is 5.79. The Hall–Kier alpha value is -1.09. The van der Waals surface area contributed by atoms with Crippen molar-refractivity contribution in [3.63, 3.8) is 0 Å². The quantitative estimate of drug-likeness (QED) is 0.452. The number of nitrogens with zero attached hydrogens (tertiary/aromatic N) is 1. The lowest BCUT2D eigenvalue weighted by Gasteiger charge is -1.90. The lowest BCUT2D eigenvalue weighted by atomic mass is 10.5. The van der Waals surface area contributed by atoms with Crippen molar-refractivity contribution in [2.24, 2.45) is 0 Å². The third-order valence-electron chi connectivity index (χ3n) is 1.00. The molecule has 0 spiro atoms. The largest absolute Gasteiger partial charge is 1.00 e. The van der Waals surface area contributed by atoms with Crippen LogP contribution in [0.2, 0.25) is 0 Å². The molecule has 11 heavy (non-hydrogen) atoms. The third-order valence-corrected chi connectivity index (χ3v) is 1.00. The van der Waals surface area contributed by atoms with E-state index in [2.05, 4.69) is 5.43 Å². The molecule has 1 aromatic rings. The van der Waals surface area contributed by atoms with Gasteiger partial charge in [0.1, 0.15) is 0 Å². The van der Waals surface area contributed by atoms with Crippen LogP contribution in [-0.4, -0.2) is 5.91 Å². The van der Waals surface area contributed by atoms with Crippen LogP contribution in [0.25, 0.3) is 0 Å². The molecule has 0 aliphatic carbocycles. The molecular formula is C7H9ClN2O. The second-order valence-electron chi connectivity index (χ2n) is 1.95. The summed E-state index contributed by atoms with van der Waals surface area (Å²) in [6.45, 7) is 1.47. The van der Waals surface area contributed by atoms with E-state index in [9.17, 15) is 4.79 Å². The van der Waals surface area contributed by atoms with Crippen LogP contribution in [0.3, 0.4) is 0 Å². The number of hydrogen-bond donors (Lipinski definition) is 1. The van der Waals surface area contributed by atoms with Crippen molar-refractivity contribution in [3.8, 4) is 0 Å². The van der Waals surface area contributed by atoms with Crippen LogP contribution in [0, 0.1) is 0 Å². The topological polar surface area (TPSA) is 33.0 Å². The van der Waals surface area contributed by atoms with E-state index in [1.54, 1.807) is 17.1 Å². The average molecular weight is 173 g/mol. The summed E-state index contributed by atoms with van der Waals surface area (Å²) in [6, 6.07) is 5.57. The molecule has 0 radical (unpaired) electrons. The Balaban J connectivity index is 0.000001000. The van der Waals surface area contributed by atoms with Crippen LogP contribution in [0.4, 0.5) is 0 Å². The molecule has 3 nitrogen and oxygen atoms in total. The molecule has 0 saturated carbocycles. The summed E-state index contributed by atoms with van der Waals surface area (Å²) < 4.78 is 1.60. The average Bonchev–Trinajstić information content (AvgIpc) is 1.88. The summed E-state index contributed by atoms with van der Waals surface area (Å²) in [6.07, 6.45) is 3.53. The van der Waals surface area contributed by atoms with E-state index in [0.29, 0.717) is 0 Å². The first-order chi connectivity index (χ1) is 4.79. The molecule has 0 bridgehead atoms. The van der Waals surface area contributed by atoms with Gasteiger partial charge in [-0.15, -0.1) is 5.43 Å². The monoisotopic (exact) mass is 172 g/mol. The Kier molecular flexibility index (Phi) is 4.22. The van der Waals surface area contributed by atoms with Crippen molar-refractivity contribution in [2.75, 3.05) is 5.43 Å². The zero-order chi connectivity index (χ0) is 7.40. The Bertz CT molecular complexity index is 225. The van der Waals surface area contributed by atoms with Gasteiger partial charge in [0.2, 0.25) is 0 Å². The van der Waals surface area contributed by atoms with E-state index in [4.69, 9.17) is 0 Å². The number of carbonyl (C=O) groups excluding carboxylic acids is 1. The lowest BCUT2D eigenvalue weighted by molar-refractivity contribution is -0.642. The summed E-state index contributed by atoms with van der Waals surface area (Å²) in [7, 11) is 0. The zero-order valence-electron chi connectivity index (χ0n) is 6.12. The molecule has 0 atom stereocenters. The molecule has 0 aliphatic rings. The second kappa shape index (κ2) is 4.68. The van der Waals surface area contributed by atoms with Crippen molar-refractivity contribution in [1.82, 2.24) is 0 Å². The van der Waals surface area contributed by atoms with Crippen LogP contribution < -0.4 is 22.5 Å². The zero-order valence-corrected chi connectivity index (χ0v) is 6.88. The predicted octanol–water partition coefficient (Wildman–Crippen LogP) is -2.93. The molecule has 0 aromatic carbocycles. The van der Waals surface area contributed by atoms with Crippen LogP contribution in [-0.2, 0) is 4.79 Å². The normalized spacial score (nSPS) is 8.09. The molecule has 0 fully saturated rings. The van der Waals surface area contributed by atoms with Crippen LogP contribution in [0.15, 0.2) is 30.6 Å². The Morgan fingerprint density at radius 2 is 1.82 bits per heavy atom. The van der Waals surface area contributed by atoms with Gasteiger partial charge in [-0.3, -0.25) is 4.79 Å². The number of aromatic nitrogens is 1. The van der Waals surface area contributed by atoms with Crippen molar-refractivity contribution in [2.45, 2.75) is 6.92 Å². The minimum Gasteiger partial charge on any atom is -1.00 e. The minimum atomic E-state index is -0.0730. The summed E-state index contributed by atoms with van der Waals surface area (Å²) in [4.78, 5) is 10.5. The first-order valence-corrected chi connectivity index (χ1v) is 3.03. The minimum absolute atomic E-state index is 0. The van der Waals surface area contributed by atoms with Gasteiger partial charge in [0.05, 0.1) is 0 Å². The Labute approximate surface area is 71.4 Å². The van der Waals surface area contributed by atoms with Gasteiger partial charge in [-0.05, 0) is 0 Å². The molecule has 0 unspecified atom stereocenters. The van der Waals surface area contributed by atoms with Gasteiger partial charge in [-0.2, -0.15) is 0 Å². The highest BCUT2D eigenvalue weighted by Crippen LogP contribution is 1.73. The third kappa shape index (κ3) is 3.57. The van der Waals surface area contributed by atoms with Crippen molar-refractivity contribution >= 4 is 5.91 Å². The van der Waals surface area contributed by atoms with Crippen LogP contribution in [0.1, 0.15) is 6.92 Å². The van der Waals surface area contributed by atoms with Gasteiger partial charge in [0.15, 0.2) is 12.4 Å². The fourth-order valence-corrected chi connectivity index (χ4v) is 0.655. The molecule has 0 aliphatic heterocycles. The van der Waals surface area contributed by atoms with Gasteiger partial charge in [-0.25, -0.2) is 0 Å². The fourth-order valence-electron chi connectivity index (χ4n) is 0.655. The molecule has 4 heteroatoms. The van der Waals surface area contributed by atoms with Gasteiger partial charge in [0.25, 0.3) is 5.91 Å². The van der Waals surface area contributed by atoms with Gasteiger partial charge >= 0.3 is 0 Å². The van der Waals surface area contributed by atoms with Crippen molar-refractivity contribution < 1.29 is 21.9 Å². The Morgan fingerprint density at radius 3 is 2.27 bits per heavy atom. The van der Waals surface area contributed by atoms with Crippen molar-refractivity contribution in [3.05, 3.63) is 30.6 Å². The highest BCUT2D eigenvalue weighted by atomic mass is 35.5. The number of rotatable bonds is 1. The second-order valence-corrected chi connectivity index (χ2v) is 1.95. The van der Waals surface area contributed by atoms with E-state index in [0.717, 1.165) is 0 Å². The molecule has 1 N–H and O–H groups in total. The first kappa shape index (κ1) is 9.91. The molecular weight excluding hydrogens is 164 g/mol. The summed E-state index contributed by atoms with van der Waals surface area (Å²) >= 11 is 0. The van der Waals surface area contributed by atoms with Crippen LogP contribution >= 0.6 is 0 Å². The smallest absolute Gasteiger partial charge is 0.271 e. The highest BCUT2D eigenvalue weighted by Gasteiger charge is 1.96. The number of halogens is 1. The summed E-state index contributed by atoms with van der Waals surface area (Å²) in [5.41, 5.74) is 2.58. The summed E-state index contributed by atoms with van der Waals surface area (Å²) in [5.74, 6) is -0.0730. The number of hydrogen-bond acceptors (Lipinski definition) is 1. The van der Waals surface area contributed by atoms with Crippen molar-refractivity contribution in [1.29, 1.82) is 0 Å². The van der Waals surface area contributed by atoms with Gasteiger partial charge < -0.3 is 12.4 Å². The first-order valence-electron chi connectivity index (χ1n) is 3.03. The van der Waals surface area contributed by atoms with E-state index < -0.39 is 0 Å². The maximum absolute atomic E-state index is 10.5. The maximum Gasteiger partial charge on any atom is 0.271 e. The number of nitrogens with one attached hydrogen (secondary N) is 1. The fraction of sp³-hybridized carbons (Fsp3) is 0.143. The van der Waals surface area contributed by atoms with E-state index in [-0.39, 0.29) is 18.3 Å². The number of amides is 1.